The first-order valence-corrected chi connectivity index (χ1v) is 12.3. The fourth-order valence-corrected chi connectivity index (χ4v) is 6.56. The maximum absolute atomic E-state index is 6.03. The fourth-order valence-electron chi connectivity index (χ4n) is 4.50. The summed E-state index contributed by atoms with van der Waals surface area (Å²) in [7, 11) is 0. The molecule has 0 unspecified atom stereocenters. The van der Waals surface area contributed by atoms with Gasteiger partial charge in [-0.3, -0.25) is 2.52 Å². The number of oxazole rings is 1. The van der Waals surface area contributed by atoms with Crippen molar-refractivity contribution in [2.75, 3.05) is 49.2 Å². The monoisotopic (exact) mass is 563 g/mol. The standard InChI is InChI=1S/C23H23IN4O2S.H3N/c1-15-2-5-22-17(12-15)18-14-27(7-6-20(18)28(24)31-22)16-3-4-21-19(13-16)25-23(30-21)26-8-10-29-11-9-26;/h2-5,12-13H,6-11,14H2,1H3;1H3. The number of halogens is 1. The van der Waals surface area contributed by atoms with Gasteiger partial charge in [-0.05, 0) is 48.7 Å². The smallest absolute Gasteiger partial charge is 0.298 e. The third-order valence-corrected chi connectivity index (χ3v) is 8.28. The highest BCUT2D eigenvalue weighted by molar-refractivity contribution is 14.1. The average molecular weight is 563 g/mol. The van der Waals surface area contributed by atoms with Gasteiger partial charge in [0, 0.05) is 54.5 Å². The van der Waals surface area contributed by atoms with Gasteiger partial charge in [-0.1, -0.05) is 17.7 Å². The van der Waals surface area contributed by atoms with E-state index < -0.39 is 0 Å². The van der Waals surface area contributed by atoms with Crippen LogP contribution >= 0.6 is 34.8 Å². The molecule has 0 atom stereocenters. The lowest BCUT2D eigenvalue weighted by Crippen LogP contribution is -2.36. The van der Waals surface area contributed by atoms with E-state index in [-0.39, 0.29) is 6.15 Å². The summed E-state index contributed by atoms with van der Waals surface area (Å²) in [4.78, 5) is 10.7. The first-order chi connectivity index (χ1) is 15.2. The summed E-state index contributed by atoms with van der Waals surface area (Å²) in [5.74, 6) is 0. The van der Waals surface area contributed by atoms with Gasteiger partial charge in [0.15, 0.2) is 5.58 Å². The quantitative estimate of drug-likeness (QED) is 0.251. The van der Waals surface area contributed by atoms with Gasteiger partial charge >= 0.3 is 0 Å². The molecule has 3 aromatic rings. The second-order valence-electron chi connectivity index (χ2n) is 8.18. The highest BCUT2D eigenvalue weighted by Crippen LogP contribution is 2.46. The molecule has 3 N–H and O–H groups in total. The number of ether oxygens (including phenoxy) is 1. The molecule has 3 aliphatic rings. The van der Waals surface area contributed by atoms with Gasteiger partial charge < -0.3 is 25.1 Å². The van der Waals surface area contributed by atoms with Gasteiger partial charge in [0.2, 0.25) is 0 Å². The van der Waals surface area contributed by atoms with E-state index in [1.54, 1.807) is 0 Å². The summed E-state index contributed by atoms with van der Waals surface area (Å²) in [6, 6.07) is 13.9. The van der Waals surface area contributed by atoms with Crippen molar-refractivity contribution in [3.8, 4) is 0 Å². The first kappa shape index (κ1) is 21.9. The minimum atomic E-state index is 0. The molecule has 7 nitrogen and oxygen atoms in total. The Morgan fingerprint density at radius 3 is 2.72 bits per heavy atom. The molecule has 0 bridgehead atoms. The fraction of sp³-hybridized carbons (Fsp3) is 0.348. The van der Waals surface area contributed by atoms with E-state index in [9.17, 15) is 0 Å². The zero-order valence-corrected chi connectivity index (χ0v) is 21.0. The largest absolute Gasteiger partial charge is 0.423 e. The Labute approximate surface area is 206 Å². The molecule has 9 heteroatoms. The van der Waals surface area contributed by atoms with Crippen molar-refractivity contribution in [1.29, 1.82) is 0 Å². The van der Waals surface area contributed by atoms with Gasteiger partial charge in [-0.25, -0.2) is 0 Å². The van der Waals surface area contributed by atoms with Crippen molar-refractivity contribution in [2.45, 2.75) is 18.2 Å². The Hall–Kier alpha value is -1.95. The number of aromatic nitrogens is 1. The highest BCUT2D eigenvalue weighted by Gasteiger charge is 2.30. The lowest BCUT2D eigenvalue weighted by molar-refractivity contribution is 0.120. The van der Waals surface area contributed by atoms with Gasteiger partial charge in [-0.2, -0.15) is 4.98 Å². The first-order valence-electron chi connectivity index (χ1n) is 10.6. The lowest BCUT2D eigenvalue weighted by atomic mass is 9.96. The number of hydrogen-bond donors (Lipinski definition) is 1. The number of rotatable bonds is 2. The van der Waals surface area contributed by atoms with E-state index in [0.717, 1.165) is 56.9 Å². The predicted octanol–water partition coefficient (Wildman–Crippen LogP) is 5.43. The molecular formula is C23H26IN5O2S. The Morgan fingerprint density at radius 2 is 1.88 bits per heavy atom. The van der Waals surface area contributed by atoms with Crippen LogP contribution < -0.4 is 16.0 Å². The second-order valence-corrected chi connectivity index (χ2v) is 10.8. The summed E-state index contributed by atoms with van der Waals surface area (Å²) in [6.07, 6.45) is 1.04. The van der Waals surface area contributed by atoms with Crippen LogP contribution in [0, 0.1) is 6.92 Å². The molecule has 6 rings (SSSR count). The molecule has 0 radical (unpaired) electrons. The van der Waals surface area contributed by atoms with Crippen LogP contribution in [0.15, 0.2) is 51.4 Å². The van der Waals surface area contributed by atoms with Crippen molar-refractivity contribution in [3.63, 3.8) is 0 Å². The van der Waals surface area contributed by atoms with E-state index in [4.69, 9.17) is 14.1 Å². The Balaban J connectivity index is 0.00000216. The molecule has 168 valence electrons. The van der Waals surface area contributed by atoms with Crippen LogP contribution in [0.2, 0.25) is 0 Å². The minimum Gasteiger partial charge on any atom is -0.423 e. The number of morpholine rings is 1. The number of nitrogens with zero attached hydrogens (tertiary/aromatic N) is 4. The minimum absolute atomic E-state index is 0. The number of fused-ring (bicyclic) bond motifs is 3. The molecule has 1 saturated heterocycles. The third kappa shape index (κ3) is 3.85. The van der Waals surface area contributed by atoms with Crippen LogP contribution in [-0.2, 0) is 4.74 Å². The molecule has 0 amide bonds. The predicted molar refractivity (Wildman–Crippen MR) is 139 cm³/mol. The van der Waals surface area contributed by atoms with Crippen molar-refractivity contribution >= 4 is 63.2 Å². The molecule has 0 saturated carbocycles. The molecule has 1 aromatic heterocycles. The molecule has 1 fully saturated rings. The molecule has 0 spiro atoms. The number of hydrogen-bond acceptors (Lipinski definition) is 8. The van der Waals surface area contributed by atoms with E-state index in [0.29, 0.717) is 6.01 Å². The maximum atomic E-state index is 6.03. The Bertz CT molecular complexity index is 1190. The number of benzene rings is 2. The van der Waals surface area contributed by atoms with Crippen molar-refractivity contribution < 1.29 is 9.15 Å². The normalized spacial score (nSPS) is 18.5. The van der Waals surface area contributed by atoms with Crippen LogP contribution in [-0.4, -0.2) is 46.9 Å². The van der Waals surface area contributed by atoms with Crippen molar-refractivity contribution in [3.05, 3.63) is 53.2 Å². The summed E-state index contributed by atoms with van der Waals surface area (Å²) >= 11 is 4.27. The van der Waals surface area contributed by atoms with E-state index in [1.165, 1.54) is 33.0 Å². The summed E-state index contributed by atoms with van der Waals surface area (Å²) in [5, 5.41) is 0. The summed E-state index contributed by atoms with van der Waals surface area (Å²) in [6.45, 7) is 7.18. The summed E-state index contributed by atoms with van der Waals surface area (Å²) < 4.78 is 13.8. The highest BCUT2D eigenvalue weighted by atomic mass is 127. The molecule has 32 heavy (non-hydrogen) atoms. The number of aryl methyl sites for hydroxylation is 1. The van der Waals surface area contributed by atoms with E-state index in [1.807, 2.05) is 11.9 Å². The van der Waals surface area contributed by atoms with Crippen LogP contribution in [0.25, 0.3) is 16.7 Å². The van der Waals surface area contributed by atoms with Crippen LogP contribution in [0.4, 0.5) is 11.7 Å². The zero-order chi connectivity index (χ0) is 20.9. The zero-order valence-electron chi connectivity index (χ0n) is 18.0. The van der Waals surface area contributed by atoms with Gasteiger partial charge in [-0.15, -0.1) is 0 Å². The van der Waals surface area contributed by atoms with Crippen molar-refractivity contribution in [1.82, 2.24) is 13.7 Å². The Kier molecular flexibility index (Phi) is 5.99. The molecule has 4 heterocycles. The Morgan fingerprint density at radius 1 is 1.03 bits per heavy atom. The SMILES string of the molecule is Cc1ccc2c(c1)C1=C(CCN(c3ccc4oc(N5CCOCC5)nc4c3)C1)N(I)S2.N. The average Bonchev–Trinajstić information content (AvgIpc) is 3.23. The maximum Gasteiger partial charge on any atom is 0.298 e. The van der Waals surface area contributed by atoms with Gasteiger partial charge in [0.05, 0.1) is 36.1 Å². The van der Waals surface area contributed by atoms with Crippen LogP contribution in [0.5, 0.6) is 0 Å². The summed E-state index contributed by atoms with van der Waals surface area (Å²) in [5.41, 5.74) is 8.54. The number of anilines is 2. The molecule has 0 aliphatic carbocycles. The van der Waals surface area contributed by atoms with Crippen LogP contribution in [0.1, 0.15) is 17.5 Å². The van der Waals surface area contributed by atoms with E-state index in [2.05, 4.69) is 78.5 Å². The molecule has 3 aliphatic heterocycles. The van der Waals surface area contributed by atoms with Gasteiger partial charge in [0.1, 0.15) is 5.52 Å². The van der Waals surface area contributed by atoms with Crippen LogP contribution in [0.3, 0.4) is 0 Å². The lowest BCUT2D eigenvalue weighted by Gasteiger charge is -2.38. The third-order valence-electron chi connectivity index (χ3n) is 6.17. The molecular weight excluding hydrogens is 537 g/mol. The van der Waals surface area contributed by atoms with Gasteiger partial charge in [0.25, 0.3) is 6.01 Å². The van der Waals surface area contributed by atoms with Crippen molar-refractivity contribution in [2.24, 2.45) is 0 Å². The van der Waals surface area contributed by atoms with E-state index >= 15 is 0 Å². The molecule has 2 aromatic carbocycles. The second kappa shape index (κ2) is 8.77. The topological polar surface area (TPSA) is 80.0 Å².